The van der Waals surface area contributed by atoms with Crippen molar-refractivity contribution in [2.75, 3.05) is 5.32 Å². The van der Waals surface area contributed by atoms with E-state index in [0.717, 1.165) is 15.4 Å². The Hall–Kier alpha value is -2.15. The van der Waals surface area contributed by atoms with Gasteiger partial charge in [-0.15, -0.1) is 5.10 Å². The Kier molecular flexibility index (Phi) is 3.06. The van der Waals surface area contributed by atoms with Crippen LogP contribution in [0.2, 0.25) is 0 Å². The molecule has 102 valence electrons. The maximum atomic E-state index is 12.2. The fourth-order valence-corrected chi connectivity index (χ4v) is 2.33. The van der Waals surface area contributed by atoms with Gasteiger partial charge in [0.2, 0.25) is 5.95 Å². The van der Waals surface area contributed by atoms with Crippen LogP contribution in [0.5, 0.6) is 0 Å². The Labute approximate surface area is 122 Å². The number of halogens is 1. The average molecular weight is 335 g/mol. The van der Waals surface area contributed by atoms with Gasteiger partial charge in [-0.2, -0.15) is 4.98 Å². The number of furan rings is 1. The molecule has 1 aromatic carbocycles. The lowest BCUT2D eigenvalue weighted by molar-refractivity contribution is 0.0997. The van der Waals surface area contributed by atoms with Crippen molar-refractivity contribution in [1.29, 1.82) is 0 Å². The lowest BCUT2D eigenvalue weighted by Crippen LogP contribution is -2.13. The molecule has 0 aliphatic carbocycles. The first kappa shape index (κ1) is 12.9. The number of carbonyl (C=O) groups excluding carboxylic acids is 1. The van der Waals surface area contributed by atoms with Crippen molar-refractivity contribution in [2.24, 2.45) is 0 Å². The molecule has 0 saturated heterocycles. The number of rotatable bonds is 2. The maximum Gasteiger partial charge on any atom is 0.294 e. The van der Waals surface area contributed by atoms with E-state index >= 15 is 0 Å². The quantitative estimate of drug-likeness (QED) is 0.753. The molecule has 0 aliphatic rings. The highest BCUT2D eigenvalue weighted by Gasteiger charge is 2.19. The van der Waals surface area contributed by atoms with Crippen LogP contribution in [0.15, 0.2) is 27.1 Å². The second kappa shape index (κ2) is 4.75. The predicted molar refractivity (Wildman–Crippen MR) is 77.7 cm³/mol. The van der Waals surface area contributed by atoms with E-state index in [4.69, 9.17) is 4.42 Å². The predicted octanol–water partition coefficient (Wildman–Crippen LogP) is 3.18. The van der Waals surface area contributed by atoms with Crippen molar-refractivity contribution in [2.45, 2.75) is 13.8 Å². The Morgan fingerprint density at radius 1 is 1.40 bits per heavy atom. The highest BCUT2D eigenvalue weighted by Crippen LogP contribution is 2.28. The van der Waals surface area contributed by atoms with Crippen molar-refractivity contribution >= 4 is 38.8 Å². The summed E-state index contributed by atoms with van der Waals surface area (Å²) in [6.07, 6.45) is 0. The summed E-state index contributed by atoms with van der Waals surface area (Å²) in [5, 5.41) is 10.0. The zero-order valence-corrected chi connectivity index (χ0v) is 12.4. The molecule has 1 amide bonds. The summed E-state index contributed by atoms with van der Waals surface area (Å²) in [6.45, 7) is 3.60. The summed E-state index contributed by atoms with van der Waals surface area (Å²) >= 11 is 3.40. The van der Waals surface area contributed by atoms with Crippen LogP contribution in [0.3, 0.4) is 0 Å². The maximum absolute atomic E-state index is 12.2. The van der Waals surface area contributed by atoms with E-state index < -0.39 is 0 Å². The molecular formula is C13H11BrN4O2. The van der Waals surface area contributed by atoms with Crippen LogP contribution in [0, 0.1) is 13.8 Å². The van der Waals surface area contributed by atoms with Crippen molar-refractivity contribution in [1.82, 2.24) is 15.2 Å². The number of nitrogens with zero attached hydrogens (tertiary/aromatic N) is 2. The first-order valence-electron chi connectivity index (χ1n) is 5.93. The van der Waals surface area contributed by atoms with Crippen LogP contribution in [0.25, 0.3) is 11.0 Å². The van der Waals surface area contributed by atoms with E-state index in [-0.39, 0.29) is 17.6 Å². The molecule has 0 aliphatic heterocycles. The van der Waals surface area contributed by atoms with E-state index in [1.807, 2.05) is 25.1 Å². The fourth-order valence-electron chi connectivity index (χ4n) is 1.97. The second-order valence-electron chi connectivity index (χ2n) is 4.40. The molecule has 3 aromatic rings. The molecule has 3 rings (SSSR count). The van der Waals surface area contributed by atoms with E-state index in [1.165, 1.54) is 0 Å². The van der Waals surface area contributed by atoms with Gasteiger partial charge in [0.25, 0.3) is 5.91 Å². The van der Waals surface area contributed by atoms with Crippen molar-refractivity contribution < 1.29 is 9.21 Å². The number of nitrogens with one attached hydrogen (secondary N) is 2. The molecule has 0 bridgehead atoms. The zero-order valence-electron chi connectivity index (χ0n) is 10.8. The fraction of sp³-hybridized carbons (Fsp3) is 0.154. The molecule has 0 fully saturated rings. The lowest BCUT2D eigenvalue weighted by atomic mass is 10.1. The molecule has 0 atom stereocenters. The van der Waals surface area contributed by atoms with Gasteiger partial charge < -0.3 is 4.42 Å². The topological polar surface area (TPSA) is 83.8 Å². The van der Waals surface area contributed by atoms with E-state index in [0.29, 0.717) is 11.4 Å². The molecule has 0 saturated carbocycles. The molecule has 2 aromatic heterocycles. The van der Waals surface area contributed by atoms with Gasteiger partial charge in [-0.3, -0.25) is 15.2 Å². The zero-order chi connectivity index (χ0) is 14.3. The molecule has 7 heteroatoms. The van der Waals surface area contributed by atoms with Crippen molar-refractivity contribution in [3.05, 3.63) is 39.8 Å². The molecular weight excluding hydrogens is 324 g/mol. The molecule has 2 N–H and O–H groups in total. The third-order valence-electron chi connectivity index (χ3n) is 2.93. The van der Waals surface area contributed by atoms with Crippen LogP contribution in [0.1, 0.15) is 21.9 Å². The minimum absolute atomic E-state index is 0.230. The van der Waals surface area contributed by atoms with Crippen molar-refractivity contribution in [3.63, 3.8) is 0 Å². The van der Waals surface area contributed by atoms with Crippen LogP contribution in [-0.4, -0.2) is 21.1 Å². The number of fused-ring (bicyclic) bond motifs is 1. The number of H-pyrrole nitrogens is 1. The summed E-state index contributed by atoms with van der Waals surface area (Å²) in [5.74, 6) is 0.758. The summed E-state index contributed by atoms with van der Waals surface area (Å²) in [4.78, 5) is 16.2. The number of hydrogen-bond donors (Lipinski definition) is 2. The number of aromatic nitrogens is 3. The number of amides is 1. The monoisotopic (exact) mass is 334 g/mol. The van der Waals surface area contributed by atoms with Gasteiger partial charge in [0.1, 0.15) is 11.4 Å². The van der Waals surface area contributed by atoms with E-state index in [9.17, 15) is 4.79 Å². The molecule has 0 radical (unpaired) electrons. The summed E-state index contributed by atoms with van der Waals surface area (Å²) in [6, 6.07) is 5.60. The molecule has 0 spiro atoms. The van der Waals surface area contributed by atoms with Gasteiger partial charge in [-0.1, -0.05) is 15.9 Å². The number of carbonyl (C=O) groups is 1. The van der Waals surface area contributed by atoms with E-state index in [1.54, 1.807) is 6.92 Å². The number of benzene rings is 1. The normalized spacial score (nSPS) is 10.9. The smallest absolute Gasteiger partial charge is 0.294 e. The first-order valence-corrected chi connectivity index (χ1v) is 6.73. The van der Waals surface area contributed by atoms with Crippen LogP contribution < -0.4 is 5.32 Å². The molecule has 0 unspecified atom stereocenters. The second-order valence-corrected chi connectivity index (χ2v) is 5.31. The lowest BCUT2D eigenvalue weighted by Gasteiger charge is -1.97. The summed E-state index contributed by atoms with van der Waals surface area (Å²) < 4.78 is 6.53. The third kappa shape index (κ3) is 2.20. The number of aryl methyl sites for hydroxylation is 2. The number of hydrogen-bond acceptors (Lipinski definition) is 4. The minimum Gasteiger partial charge on any atom is -0.451 e. The largest absolute Gasteiger partial charge is 0.451 e. The van der Waals surface area contributed by atoms with Crippen LogP contribution >= 0.6 is 15.9 Å². The van der Waals surface area contributed by atoms with Gasteiger partial charge in [-0.05, 0) is 32.0 Å². The van der Waals surface area contributed by atoms with Crippen molar-refractivity contribution in [3.8, 4) is 0 Å². The average Bonchev–Trinajstić information content (AvgIpc) is 2.94. The highest BCUT2D eigenvalue weighted by molar-refractivity contribution is 9.10. The Bertz CT molecular complexity index is 806. The van der Waals surface area contributed by atoms with Gasteiger partial charge >= 0.3 is 0 Å². The molecule has 20 heavy (non-hydrogen) atoms. The van der Waals surface area contributed by atoms with Gasteiger partial charge in [-0.25, -0.2) is 0 Å². The van der Waals surface area contributed by atoms with Gasteiger partial charge in [0.05, 0.1) is 0 Å². The van der Waals surface area contributed by atoms with Gasteiger partial charge in [0, 0.05) is 15.4 Å². The van der Waals surface area contributed by atoms with Crippen LogP contribution in [-0.2, 0) is 0 Å². The number of anilines is 1. The third-order valence-corrected chi connectivity index (χ3v) is 3.42. The SMILES string of the molecule is Cc1nc(NC(=O)c2oc3ccc(Br)cc3c2C)n[nH]1. The Morgan fingerprint density at radius 3 is 2.90 bits per heavy atom. The Balaban J connectivity index is 1.97. The number of aromatic amines is 1. The summed E-state index contributed by atoms with van der Waals surface area (Å²) in [5.41, 5.74) is 1.45. The molecule has 2 heterocycles. The first-order chi connectivity index (χ1) is 9.54. The highest BCUT2D eigenvalue weighted by atomic mass is 79.9. The minimum atomic E-state index is -0.367. The van der Waals surface area contributed by atoms with E-state index in [2.05, 4.69) is 36.4 Å². The van der Waals surface area contributed by atoms with Crippen LogP contribution in [0.4, 0.5) is 5.95 Å². The standard InChI is InChI=1S/C13H11BrN4O2/c1-6-9-5-8(14)3-4-10(9)20-11(6)12(19)16-13-15-7(2)17-18-13/h3-5H,1-2H3,(H2,15,16,17,18,19). The Morgan fingerprint density at radius 2 is 2.20 bits per heavy atom. The van der Waals surface area contributed by atoms with Gasteiger partial charge in [0.15, 0.2) is 5.76 Å². The molecule has 6 nitrogen and oxygen atoms in total. The summed E-state index contributed by atoms with van der Waals surface area (Å²) in [7, 11) is 0.